The predicted octanol–water partition coefficient (Wildman–Crippen LogP) is 9.41. The van der Waals surface area contributed by atoms with Crippen molar-refractivity contribution in [3.05, 3.63) is 150 Å². The Balaban J connectivity index is 1.60. The van der Waals surface area contributed by atoms with Crippen LogP contribution >= 0.6 is 0 Å². The molecule has 0 N–H and O–H groups in total. The molecule has 6 aromatic carbocycles. The minimum atomic E-state index is 0.434. The minimum Gasteiger partial charge on any atom is -0.309 e. The van der Waals surface area contributed by atoms with E-state index >= 15 is 0 Å². The molecule has 0 aliphatic heterocycles. The van der Waals surface area contributed by atoms with Crippen molar-refractivity contribution in [2.45, 2.75) is 6.92 Å². The fraction of sp³-hybridized carbons (Fsp3) is 0.0222. The van der Waals surface area contributed by atoms with E-state index in [1.165, 1.54) is 37.8 Å². The molecule has 4 heterocycles. The Labute approximate surface area is 286 Å². The Kier molecular flexibility index (Phi) is 5.71. The number of allylic oxidation sites excluding steroid dienone is 1. The highest BCUT2D eigenvalue weighted by atomic mass is 15.0. The van der Waals surface area contributed by atoms with Crippen LogP contribution in [0.1, 0.15) is 18.1 Å². The summed E-state index contributed by atoms with van der Waals surface area (Å²) in [5.74, 6) is 0. The number of aromatic nitrogens is 3. The van der Waals surface area contributed by atoms with Crippen LogP contribution in [0.4, 0.5) is 0 Å². The Bertz CT molecular complexity index is 3340. The average molecular weight is 638 g/mol. The quantitative estimate of drug-likeness (QED) is 0.190. The second-order valence-corrected chi connectivity index (χ2v) is 12.8. The summed E-state index contributed by atoms with van der Waals surface area (Å²) in [5, 5.41) is 30.1. The van der Waals surface area contributed by atoms with Crippen LogP contribution in [0.2, 0.25) is 0 Å². The van der Waals surface area contributed by atoms with Gasteiger partial charge in [-0.15, -0.1) is 0 Å². The predicted molar refractivity (Wildman–Crippen MR) is 206 cm³/mol. The molecule has 0 aliphatic rings. The largest absolute Gasteiger partial charge is 0.309 e. The summed E-state index contributed by atoms with van der Waals surface area (Å²) < 4.78 is 7.05. The normalized spacial score (nSPS) is 12.8. The van der Waals surface area contributed by atoms with Crippen LogP contribution in [0.15, 0.2) is 128 Å². The number of rotatable bonds is 2. The van der Waals surface area contributed by atoms with Crippen molar-refractivity contribution >= 4 is 88.5 Å². The van der Waals surface area contributed by atoms with Gasteiger partial charge in [0.05, 0.1) is 67.2 Å². The van der Waals surface area contributed by atoms with Gasteiger partial charge in [-0.05, 0) is 55.5 Å². The standard InChI is InChI=1S/C45H27N5/c1-3-11-38-30(4-2)37-23-42-43(24-41(37)48(38)29-21-27(25-46)20-28(22-29)26-47)50-40-19-8-6-13-32(40)34-15-10-17-36(45(34)50)35-16-9-14-33-31-12-5-7-18-39(31)49(42)44(33)35/h3-24H,1H2,2H3/b30-4-,38-11+. The molecule has 10 aromatic rings. The molecule has 0 aliphatic carbocycles. The molecule has 232 valence electrons. The molecule has 0 amide bonds. The second kappa shape index (κ2) is 10.2. The maximum absolute atomic E-state index is 9.95. The number of para-hydroxylation sites is 4. The summed E-state index contributed by atoms with van der Waals surface area (Å²) in [6, 6.07) is 45.1. The number of hydrogen-bond acceptors (Lipinski definition) is 2. The van der Waals surface area contributed by atoms with Crippen molar-refractivity contribution in [3.63, 3.8) is 0 Å². The van der Waals surface area contributed by atoms with E-state index in [2.05, 4.69) is 142 Å². The van der Waals surface area contributed by atoms with Crippen molar-refractivity contribution in [1.82, 2.24) is 13.4 Å². The van der Waals surface area contributed by atoms with E-state index in [4.69, 9.17) is 0 Å². The van der Waals surface area contributed by atoms with Crippen LogP contribution in [0.3, 0.4) is 0 Å². The molecule has 0 saturated heterocycles. The van der Waals surface area contributed by atoms with Gasteiger partial charge in [-0.25, -0.2) is 0 Å². The molecule has 4 aromatic heterocycles. The molecule has 5 heteroatoms. The summed E-state index contributed by atoms with van der Waals surface area (Å²) in [7, 11) is 0. The lowest BCUT2D eigenvalue weighted by molar-refractivity contribution is 1.07. The summed E-state index contributed by atoms with van der Waals surface area (Å²) in [6.07, 6.45) is 5.94. The van der Waals surface area contributed by atoms with Crippen LogP contribution in [0.5, 0.6) is 0 Å². The van der Waals surface area contributed by atoms with E-state index in [1.807, 2.05) is 18.2 Å². The third-order valence-corrected chi connectivity index (χ3v) is 10.3. The SMILES string of the molecule is C=C/C=c1\c(=C/C)c2cc3c(cc2n1-c1cc(C#N)cc(C#N)c1)n1c2ccccc2c2cccc(c4cccc5c6ccccc6n3c54)c21. The lowest BCUT2D eigenvalue weighted by Crippen LogP contribution is -2.28. The van der Waals surface area contributed by atoms with Gasteiger partial charge in [0.15, 0.2) is 0 Å². The molecule has 0 bridgehead atoms. The highest BCUT2D eigenvalue weighted by Crippen LogP contribution is 2.41. The first-order valence-electron chi connectivity index (χ1n) is 16.6. The third-order valence-electron chi connectivity index (χ3n) is 10.3. The smallest absolute Gasteiger partial charge is 0.0992 e. The summed E-state index contributed by atoms with van der Waals surface area (Å²) in [4.78, 5) is 0. The van der Waals surface area contributed by atoms with Crippen LogP contribution < -0.4 is 10.6 Å². The molecule has 0 saturated carbocycles. The van der Waals surface area contributed by atoms with Crippen molar-refractivity contribution in [2.75, 3.05) is 0 Å². The van der Waals surface area contributed by atoms with Gasteiger partial charge in [0.2, 0.25) is 0 Å². The maximum atomic E-state index is 9.95. The van der Waals surface area contributed by atoms with Crippen molar-refractivity contribution < 1.29 is 0 Å². The van der Waals surface area contributed by atoms with Gasteiger partial charge in [-0.2, -0.15) is 10.5 Å². The Morgan fingerprint density at radius 2 is 1.04 bits per heavy atom. The zero-order valence-corrected chi connectivity index (χ0v) is 27.1. The first-order valence-corrected chi connectivity index (χ1v) is 16.6. The van der Waals surface area contributed by atoms with Crippen molar-refractivity contribution in [3.8, 4) is 17.8 Å². The highest BCUT2D eigenvalue weighted by Gasteiger charge is 2.21. The summed E-state index contributed by atoms with van der Waals surface area (Å²) in [5.41, 5.74) is 9.30. The van der Waals surface area contributed by atoms with E-state index < -0.39 is 0 Å². The van der Waals surface area contributed by atoms with Crippen LogP contribution in [0, 0.1) is 22.7 Å². The lowest BCUT2D eigenvalue weighted by atomic mass is 10.0. The monoisotopic (exact) mass is 637 g/mol. The fourth-order valence-corrected chi connectivity index (χ4v) is 8.41. The minimum absolute atomic E-state index is 0.434. The zero-order valence-electron chi connectivity index (χ0n) is 27.1. The molecule has 5 nitrogen and oxygen atoms in total. The molecule has 10 rings (SSSR count). The molecule has 0 atom stereocenters. The van der Waals surface area contributed by atoms with E-state index in [0.717, 1.165) is 54.7 Å². The van der Waals surface area contributed by atoms with Gasteiger partial charge in [0, 0.05) is 48.6 Å². The van der Waals surface area contributed by atoms with Gasteiger partial charge >= 0.3 is 0 Å². The van der Waals surface area contributed by atoms with E-state index in [9.17, 15) is 10.5 Å². The molecule has 50 heavy (non-hydrogen) atoms. The lowest BCUT2D eigenvalue weighted by Gasteiger charge is -2.13. The fourth-order valence-electron chi connectivity index (χ4n) is 8.41. The van der Waals surface area contributed by atoms with Gasteiger partial charge in [-0.3, -0.25) is 0 Å². The maximum Gasteiger partial charge on any atom is 0.0992 e. The third kappa shape index (κ3) is 3.53. The van der Waals surface area contributed by atoms with E-state index in [-0.39, 0.29) is 0 Å². The van der Waals surface area contributed by atoms with Crippen molar-refractivity contribution in [1.29, 1.82) is 10.5 Å². The molecular formula is C45H27N5. The van der Waals surface area contributed by atoms with E-state index in [1.54, 1.807) is 12.1 Å². The number of nitriles is 2. The molecule has 0 radical (unpaired) electrons. The van der Waals surface area contributed by atoms with Gasteiger partial charge in [-0.1, -0.05) is 91.5 Å². The second-order valence-electron chi connectivity index (χ2n) is 12.8. The first-order chi connectivity index (χ1) is 24.6. The molecule has 0 spiro atoms. The number of benzene rings is 6. The summed E-state index contributed by atoms with van der Waals surface area (Å²) >= 11 is 0. The Morgan fingerprint density at radius 3 is 1.56 bits per heavy atom. The summed E-state index contributed by atoms with van der Waals surface area (Å²) in [6.45, 7) is 6.12. The molecule has 0 fully saturated rings. The van der Waals surface area contributed by atoms with E-state index in [0.29, 0.717) is 11.1 Å². The van der Waals surface area contributed by atoms with Crippen LogP contribution in [-0.4, -0.2) is 13.4 Å². The number of nitrogens with zero attached hydrogens (tertiary/aromatic N) is 5. The number of hydrogen-bond donors (Lipinski definition) is 0. The first kappa shape index (κ1) is 28.0. The molecule has 0 unspecified atom stereocenters. The Morgan fingerprint density at radius 1 is 0.540 bits per heavy atom. The van der Waals surface area contributed by atoms with Crippen LogP contribution in [-0.2, 0) is 0 Å². The number of fused-ring (bicyclic) bond motifs is 11. The highest BCUT2D eigenvalue weighted by molar-refractivity contribution is 6.25. The van der Waals surface area contributed by atoms with Crippen LogP contribution in [0.25, 0.3) is 94.2 Å². The zero-order chi connectivity index (χ0) is 33.7. The topological polar surface area (TPSA) is 61.3 Å². The molecular weight excluding hydrogens is 611 g/mol. The van der Waals surface area contributed by atoms with Crippen molar-refractivity contribution in [2.24, 2.45) is 0 Å². The van der Waals surface area contributed by atoms with Gasteiger partial charge < -0.3 is 13.4 Å². The van der Waals surface area contributed by atoms with Gasteiger partial charge in [0.25, 0.3) is 0 Å². The average Bonchev–Trinajstić information content (AvgIpc) is 3.78. The van der Waals surface area contributed by atoms with Gasteiger partial charge in [0.1, 0.15) is 0 Å². The Hall–Kier alpha value is -7.08.